The number of carbonyl (C=O) groups is 1. The van der Waals surface area contributed by atoms with Crippen LogP contribution in [0.5, 0.6) is 0 Å². The van der Waals surface area contributed by atoms with Crippen molar-refractivity contribution in [2.24, 2.45) is 0 Å². The molecule has 1 amide bonds. The van der Waals surface area contributed by atoms with Crippen molar-refractivity contribution in [2.45, 2.75) is 45.5 Å². The number of carbonyl (C=O) groups excluding carboxylic acids is 1. The lowest BCUT2D eigenvalue weighted by Gasteiger charge is -2.41. The number of amides is 1. The molecular formula is C28H28F4N6O2. The first-order valence-corrected chi connectivity index (χ1v) is 12.7. The zero-order valence-corrected chi connectivity index (χ0v) is 22.4. The van der Waals surface area contributed by atoms with Crippen LogP contribution >= 0.6 is 0 Å². The van der Waals surface area contributed by atoms with Gasteiger partial charge in [-0.25, -0.2) is 24.1 Å². The first kappa shape index (κ1) is 27.4. The second-order valence-corrected chi connectivity index (χ2v) is 10.7. The van der Waals surface area contributed by atoms with Gasteiger partial charge in [-0.1, -0.05) is 18.2 Å². The van der Waals surface area contributed by atoms with E-state index >= 15 is 4.39 Å². The standard InChI is InChI=1S/C28H28F4N6O2/c1-17-14-36(26(39)40-27(2,3)4)11-12-37(17)24-23-20(19-7-5-6-8-21(19)29)15-38(25(23)35-16-34-24)22-13-18(9-10-33-22)28(30,31)32/h5-10,13,15-17H,11-12,14H2,1-4H3/t17-/m0/s1. The van der Waals surface area contributed by atoms with Gasteiger partial charge in [0, 0.05) is 49.2 Å². The summed E-state index contributed by atoms with van der Waals surface area (Å²) in [6.45, 7) is 8.44. The van der Waals surface area contributed by atoms with E-state index in [2.05, 4.69) is 15.0 Å². The van der Waals surface area contributed by atoms with Gasteiger partial charge in [-0.15, -0.1) is 0 Å². The number of hydrogen-bond acceptors (Lipinski definition) is 6. The van der Waals surface area contributed by atoms with Crippen LogP contribution in [0.1, 0.15) is 33.3 Å². The maximum atomic E-state index is 15.1. The molecule has 4 aromatic rings. The fraction of sp³-hybridized carbons (Fsp3) is 0.357. The number of piperazine rings is 1. The van der Waals surface area contributed by atoms with Gasteiger partial charge in [0.25, 0.3) is 0 Å². The zero-order chi connectivity index (χ0) is 28.8. The Balaban J connectivity index is 1.62. The number of alkyl halides is 3. The molecule has 0 radical (unpaired) electrons. The Labute approximate surface area is 228 Å². The second kappa shape index (κ2) is 10.1. The predicted molar refractivity (Wildman–Crippen MR) is 142 cm³/mol. The molecule has 0 bridgehead atoms. The van der Waals surface area contributed by atoms with Crippen LogP contribution in [0.3, 0.4) is 0 Å². The van der Waals surface area contributed by atoms with Crippen molar-refractivity contribution in [3.63, 3.8) is 0 Å². The zero-order valence-electron chi connectivity index (χ0n) is 22.4. The summed E-state index contributed by atoms with van der Waals surface area (Å²) in [6.07, 6.45) is -1.06. The molecule has 0 spiro atoms. The molecule has 1 aromatic carbocycles. The third-order valence-electron chi connectivity index (χ3n) is 6.60. The van der Waals surface area contributed by atoms with E-state index in [4.69, 9.17) is 4.74 Å². The summed E-state index contributed by atoms with van der Waals surface area (Å²) in [5, 5.41) is 0.462. The molecule has 12 heteroatoms. The van der Waals surface area contributed by atoms with Gasteiger partial charge in [0.2, 0.25) is 0 Å². The molecule has 5 rings (SSSR count). The van der Waals surface area contributed by atoms with Gasteiger partial charge in [-0.3, -0.25) is 4.57 Å². The maximum absolute atomic E-state index is 15.1. The summed E-state index contributed by atoms with van der Waals surface area (Å²) in [5.41, 5.74) is -0.575. The number of hydrogen-bond donors (Lipinski definition) is 0. The van der Waals surface area contributed by atoms with E-state index in [0.29, 0.717) is 36.4 Å². The number of ether oxygens (including phenoxy) is 1. The Morgan fingerprint density at radius 1 is 1.02 bits per heavy atom. The fourth-order valence-corrected chi connectivity index (χ4v) is 4.81. The van der Waals surface area contributed by atoms with Crippen molar-refractivity contribution in [2.75, 3.05) is 24.5 Å². The molecule has 8 nitrogen and oxygen atoms in total. The molecule has 0 aliphatic carbocycles. The van der Waals surface area contributed by atoms with Crippen LogP contribution in [-0.2, 0) is 10.9 Å². The first-order chi connectivity index (χ1) is 18.8. The molecule has 1 aliphatic rings. The number of aromatic nitrogens is 4. The number of nitrogens with zero attached hydrogens (tertiary/aromatic N) is 6. The van der Waals surface area contributed by atoms with E-state index in [0.717, 1.165) is 18.3 Å². The van der Waals surface area contributed by atoms with Crippen LogP contribution in [0.15, 0.2) is 55.1 Å². The highest BCUT2D eigenvalue weighted by atomic mass is 19.4. The minimum absolute atomic E-state index is 0.0187. The lowest BCUT2D eigenvalue weighted by atomic mass is 10.0. The number of pyridine rings is 1. The lowest BCUT2D eigenvalue weighted by Crippen LogP contribution is -2.54. The summed E-state index contributed by atoms with van der Waals surface area (Å²) >= 11 is 0. The third-order valence-corrected chi connectivity index (χ3v) is 6.60. The number of benzene rings is 1. The normalized spacial score (nSPS) is 16.4. The van der Waals surface area contributed by atoms with Gasteiger partial charge in [-0.2, -0.15) is 13.2 Å². The summed E-state index contributed by atoms with van der Waals surface area (Å²) < 4.78 is 62.5. The van der Waals surface area contributed by atoms with Crippen molar-refractivity contribution < 1.29 is 27.1 Å². The molecule has 4 heterocycles. The quantitative estimate of drug-likeness (QED) is 0.285. The molecule has 1 fully saturated rings. The van der Waals surface area contributed by atoms with Gasteiger partial charge < -0.3 is 14.5 Å². The minimum Gasteiger partial charge on any atom is -0.444 e. The minimum atomic E-state index is -4.57. The Hall–Kier alpha value is -4.22. The molecule has 40 heavy (non-hydrogen) atoms. The van der Waals surface area contributed by atoms with Gasteiger partial charge in [0.05, 0.1) is 10.9 Å². The number of fused-ring (bicyclic) bond motifs is 1. The molecule has 1 saturated heterocycles. The van der Waals surface area contributed by atoms with E-state index in [1.54, 1.807) is 43.9 Å². The van der Waals surface area contributed by atoms with Crippen molar-refractivity contribution >= 4 is 22.9 Å². The topological polar surface area (TPSA) is 76.4 Å². The van der Waals surface area contributed by atoms with E-state index in [9.17, 15) is 18.0 Å². The van der Waals surface area contributed by atoms with Crippen LogP contribution in [0.4, 0.5) is 28.2 Å². The molecule has 3 aromatic heterocycles. The third kappa shape index (κ3) is 5.30. The Morgan fingerprint density at radius 2 is 1.77 bits per heavy atom. The monoisotopic (exact) mass is 556 g/mol. The van der Waals surface area contributed by atoms with Gasteiger partial charge in [-0.05, 0) is 45.9 Å². The lowest BCUT2D eigenvalue weighted by molar-refractivity contribution is -0.137. The first-order valence-electron chi connectivity index (χ1n) is 12.7. The summed E-state index contributed by atoms with van der Waals surface area (Å²) in [7, 11) is 0. The Bertz CT molecular complexity index is 1560. The number of anilines is 1. The van der Waals surface area contributed by atoms with Gasteiger partial charge in [0.15, 0.2) is 5.65 Å². The Kier molecular flexibility index (Phi) is 6.89. The number of halogens is 4. The Morgan fingerprint density at radius 3 is 2.45 bits per heavy atom. The van der Waals surface area contributed by atoms with E-state index < -0.39 is 29.3 Å². The summed E-state index contributed by atoms with van der Waals surface area (Å²) in [4.78, 5) is 29.4. The highest BCUT2D eigenvalue weighted by Crippen LogP contribution is 2.39. The van der Waals surface area contributed by atoms with Gasteiger partial charge >= 0.3 is 12.3 Å². The SMILES string of the molecule is C[C@H]1CN(C(=O)OC(C)(C)C)CCN1c1ncnc2c1c(-c1ccccc1F)cn2-c1cc(C(F)(F)F)ccn1. The highest BCUT2D eigenvalue weighted by Gasteiger charge is 2.34. The number of rotatable bonds is 3. The van der Waals surface area contributed by atoms with E-state index in [1.165, 1.54) is 23.2 Å². The van der Waals surface area contributed by atoms with Crippen molar-refractivity contribution in [3.8, 4) is 16.9 Å². The van der Waals surface area contributed by atoms with E-state index in [-0.39, 0.29) is 23.1 Å². The molecule has 0 unspecified atom stereocenters. The summed E-state index contributed by atoms with van der Waals surface area (Å²) in [5.74, 6) is -0.0451. The van der Waals surface area contributed by atoms with Gasteiger partial charge in [0.1, 0.15) is 29.4 Å². The van der Waals surface area contributed by atoms with Crippen LogP contribution < -0.4 is 4.90 Å². The highest BCUT2D eigenvalue weighted by molar-refractivity contribution is 6.02. The second-order valence-electron chi connectivity index (χ2n) is 10.7. The molecule has 1 aliphatic heterocycles. The summed E-state index contributed by atoms with van der Waals surface area (Å²) in [6, 6.07) is 7.75. The van der Waals surface area contributed by atoms with Crippen molar-refractivity contribution in [1.29, 1.82) is 0 Å². The van der Waals surface area contributed by atoms with Crippen LogP contribution in [-0.4, -0.2) is 61.8 Å². The van der Waals surface area contributed by atoms with Crippen LogP contribution in [0, 0.1) is 5.82 Å². The molecule has 0 N–H and O–H groups in total. The van der Waals surface area contributed by atoms with Crippen molar-refractivity contribution in [1.82, 2.24) is 24.4 Å². The average molecular weight is 557 g/mol. The largest absolute Gasteiger partial charge is 0.444 e. The van der Waals surface area contributed by atoms with E-state index in [1.807, 2.05) is 11.8 Å². The molecule has 210 valence electrons. The smallest absolute Gasteiger partial charge is 0.416 e. The molecule has 0 saturated carbocycles. The molecular weight excluding hydrogens is 528 g/mol. The molecule has 1 atom stereocenters. The van der Waals surface area contributed by atoms with Crippen LogP contribution in [0.2, 0.25) is 0 Å². The predicted octanol–water partition coefficient (Wildman–Crippen LogP) is 6.09. The van der Waals surface area contributed by atoms with Crippen LogP contribution in [0.25, 0.3) is 28.0 Å². The fourth-order valence-electron chi connectivity index (χ4n) is 4.81. The maximum Gasteiger partial charge on any atom is 0.416 e. The average Bonchev–Trinajstić information content (AvgIpc) is 3.27. The van der Waals surface area contributed by atoms with Crippen molar-refractivity contribution in [3.05, 3.63) is 66.5 Å².